The zero-order chi connectivity index (χ0) is 12.8. The smallest absolute Gasteiger partial charge is 0.321 e. The molecule has 0 aliphatic carbocycles. The number of hydrogen-bond acceptors (Lipinski definition) is 4. The zero-order valence-corrected chi connectivity index (χ0v) is 10.5. The van der Waals surface area contributed by atoms with Gasteiger partial charge in [0.25, 0.3) is 0 Å². The molecule has 94 valence electrons. The summed E-state index contributed by atoms with van der Waals surface area (Å²) in [7, 11) is 0. The second-order valence-electron chi connectivity index (χ2n) is 3.76. The summed E-state index contributed by atoms with van der Waals surface area (Å²) in [6, 6.07) is -0.434. The van der Waals surface area contributed by atoms with Gasteiger partial charge in [0.2, 0.25) is 0 Å². The number of anilines is 1. The van der Waals surface area contributed by atoms with E-state index < -0.39 is 12.0 Å². The fraction of sp³-hybridized carbons (Fsp3) is 0.500. The molecule has 0 saturated heterocycles. The molecule has 0 aliphatic rings. The van der Waals surface area contributed by atoms with Crippen molar-refractivity contribution in [1.29, 1.82) is 0 Å². The quantitative estimate of drug-likeness (QED) is 0.750. The molecule has 6 nitrogen and oxygen atoms in total. The van der Waals surface area contributed by atoms with Gasteiger partial charge >= 0.3 is 12.0 Å². The zero-order valence-electron chi connectivity index (χ0n) is 9.69. The summed E-state index contributed by atoms with van der Waals surface area (Å²) in [6.45, 7) is 4.14. The standard InChI is InChI=1S/C10H15N3O3S/c1-6(2)7-5-17-10(12-7)13-9(16)11-4-3-8(14)15/h5-6H,3-4H2,1-2H3,(H,14,15)(H2,11,12,13,16). The fourth-order valence-corrected chi connectivity index (χ4v) is 1.90. The van der Waals surface area contributed by atoms with Crippen molar-refractivity contribution in [2.45, 2.75) is 26.2 Å². The lowest BCUT2D eigenvalue weighted by molar-refractivity contribution is -0.136. The van der Waals surface area contributed by atoms with E-state index in [0.29, 0.717) is 11.0 Å². The Morgan fingerprint density at radius 2 is 2.24 bits per heavy atom. The molecule has 0 saturated carbocycles. The van der Waals surface area contributed by atoms with Crippen molar-refractivity contribution in [3.8, 4) is 0 Å². The molecule has 2 amide bonds. The van der Waals surface area contributed by atoms with Crippen LogP contribution in [0.25, 0.3) is 0 Å². The van der Waals surface area contributed by atoms with Crippen LogP contribution in [0.4, 0.5) is 9.93 Å². The summed E-state index contributed by atoms with van der Waals surface area (Å²) in [5, 5.41) is 15.8. The molecule has 0 fully saturated rings. The highest BCUT2D eigenvalue weighted by Crippen LogP contribution is 2.21. The Balaban J connectivity index is 2.37. The lowest BCUT2D eigenvalue weighted by Gasteiger charge is -2.03. The van der Waals surface area contributed by atoms with E-state index in [0.717, 1.165) is 5.69 Å². The third-order valence-corrected chi connectivity index (χ3v) is 2.73. The Morgan fingerprint density at radius 1 is 1.53 bits per heavy atom. The maximum absolute atomic E-state index is 11.3. The van der Waals surface area contributed by atoms with Crippen molar-refractivity contribution in [3.05, 3.63) is 11.1 Å². The first-order valence-electron chi connectivity index (χ1n) is 5.21. The predicted molar refractivity (Wildman–Crippen MR) is 65.5 cm³/mol. The number of aromatic nitrogens is 1. The van der Waals surface area contributed by atoms with Crippen molar-refractivity contribution in [2.24, 2.45) is 0 Å². The van der Waals surface area contributed by atoms with Crippen LogP contribution in [0, 0.1) is 0 Å². The number of carboxylic acid groups (broad SMARTS) is 1. The first-order chi connectivity index (χ1) is 7.99. The van der Waals surface area contributed by atoms with E-state index >= 15 is 0 Å². The third-order valence-electron chi connectivity index (χ3n) is 1.96. The maximum Gasteiger partial charge on any atom is 0.321 e. The first kappa shape index (κ1) is 13.4. The number of rotatable bonds is 5. The summed E-state index contributed by atoms with van der Waals surface area (Å²) in [6.07, 6.45) is -0.0947. The lowest BCUT2D eigenvalue weighted by Crippen LogP contribution is -2.30. The van der Waals surface area contributed by atoms with E-state index in [2.05, 4.69) is 15.6 Å². The number of carbonyl (C=O) groups excluding carboxylic acids is 1. The number of carbonyl (C=O) groups is 2. The highest BCUT2D eigenvalue weighted by Gasteiger charge is 2.08. The minimum Gasteiger partial charge on any atom is -0.481 e. The second-order valence-corrected chi connectivity index (χ2v) is 4.61. The van der Waals surface area contributed by atoms with Crippen molar-refractivity contribution in [3.63, 3.8) is 0 Å². The van der Waals surface area contributed by atoms with Gasteiger partial charge in [0, 0.05) is 11.9 Å². The number of aliphatic carboxylic acids is 1. The van der Waals surface area contributed by atoms with Crippen LogP contribution in [-0.2, 0) is 4.79 Å². The number of hydrogen-bond donors (Lipinski definition) is 3. The van der Waals surface area contributed by atoms with Gasteiger partial charge < -0.3 is 10.4 Å². The summed E-state index contributed by atoms with van der Waals surface area (Å²) in [5.41, 5.74) is 0.927. The Bertz CT molecular complexity index is 403. The molecule has 0 atom stereocenters. The lowest BCUT2D eigenvalue weighted by atomic mass is 10.2. The van der Waals surface area contributed by atoms with Crippen molar-refractivity contribution < 1.29 is 14.7 Å². The van der Waals surface area contributed by atoms with Gasteiger partial charge in [0.05, 0.1) is 12.1 Å². The maximum atomic E-state index is 11.3. The third kappa shape index (κ3) is 4.81. The normalized spacial score (nSPS) is 10.3. The number of thiazole rings is 1. The van der Waals surface area contributed by atoms with Crippen LogP contribution in [-0.4, -0.2) is 28.6 Å². The molecular formula is C10H15N3O3S. The Morgan fingerprint density at radius 3 is 2.76 bits per heavy atom. The Kier molecular flexibility index (Phi) is 4.89. The molecular weight excluding hydrogens is 242 g/mol. The molecule has 0 radical (unpaired) electrons. The molecule has 3 N–H and O–H groups in total. The largest absolute Gasteiger partial charge is 0.481 e. The number of urea groups is 1. The molecule has 0 bridgehead atoms. The van der Waals surface area contributed by atoms with Gasteiger partial charge in [0.1, 0.15) is 0 Å². The Labute approximate surface area is 103 Å². The van der Waals surface area contributed by atoms with Crippen LogP contribution in [0.5, 0.6) is 0 Å². The average Bonchev–Trinajstić information content (AvgIpc) is 2.65. The van der Waals surface area contributed by atoms with E-state index in [1.165, 1.54) is 11.3 Å². The monoisotopic (exact) mass is 257 g/mol. The molecule has 0 spiro atoms. The minimum atomic E-state index is -0.943. The van der Waals surface area contributed by atoms with Crippen molar-refractivity contribution in [1.82, 2.24) is 10.3 Å². The van der Waals surface area contributed by atoms with Gasteiger partial charge in [-0.05, 0) is 5.92 Å². The molecule has 1 aromatic rings. The first-order valence-corrected chi connectivity index (χ1v) is 6.09. The average molecular weight is 257 g/mol. The fourth-order valence-electron chi connectivity index (χ4n) is 1.03. The summed E-state index contributed by atoms with van der Waals surface area (Å²) >= 11 is 1.35. The summed E-state index contributed by atoms with van der Waals surface area (Å²) in [4.78, 5) is 25.8. The van der Waals surface area contributed by atoms with Gasteiger partial charge in [-0.15, -0.1) is 11.3 Å². The topological polar surface area (TPSA) is 91.3 Å². The molecule has 1 heterocycles. The van der Waals surface area contributed by atoms with Crippen molar-refractivity contribution >= 4 is 28.5 Å². The van der Waals surface area contributed by atoms with Crippen LogP contribution in [0.2, 0.25) is 0 Å². The number of nitrogens with one attached hydrogen (secondary N) is 2. The van der Waals surface area contributed by atoms with Crippen LogP contribution >= 0.6 is 11.3 Å². The highest BCUT2D eigenvalue weighted by molar-refractivity contribution is 7.13. The molecule has 1 aromatic heterocycles. The molecule has 17 heavy (non-hydrogen) atoms. The van der Waals surface area contributed by atoms with Crippen LogP contribution in [0.1, 0.15) is 31.9 Å². The van der Waals surface area contributed by atoms with Gasteiger partial charge in [-0.1, -0.05) is 13.8 Å². The number of carboxylic acids is 1. The number of amides is 2. The molecule has 7 heteroatoms. The van der Waals surface area contributed by atoms with Crippen LogP contribution in [0.3, 0.4) is 0 Å². The van der Waals surface area contributed by atoms with E-state index in [-0.39, 0.29) is 13.0 Å². The molecule has 1 rings (SSSR count). The highest BCUT2D eigenvalue weighted by atomic mass is 32.1. The Hall–Kier alpha value is -1.63. The number of nitrogens with zero attached hydrogens (tertiary/aromatic N) is 1. The van der Waals surface area contributed by atoms with E-state index in [1.54, 1.807) is 0 Å². The van der Waals surface area contributed by atoms with Gasteiger partial charge in [0.15, 0.2) is 5.13 Å². The summed E-state index contributed by atoms with van der Waals surface area (Å²) in [5.74, 6) is -0.626. The SMILES string of the molecule is CC(C)c1csc(NC(=O)NCCC(=O)O)n1. The summed E-state index contributed by atoms with van der Waals surface area (Å²) < 4.78 is 0. The minimum absolute atomic E-state index is 0.0947. The van der Waals surface area contributed by atoms with Gasteiger partial charge in [-0.2, -0.15) is 0 Å². The van der Waals surface area contributed by atoms with Gasteiger partial charge in [-0.3, -0.25) is 10.1 Å². The van der Waals surface area contributed by atoms with Gasteiger partial charge in [-0.25, -0.2) is 9.78 Å². The second kappa shape index (κ2) is 6.19. The van der Waals surface area contributed by atoms with Crippen LogP contribution in [0.15, 0.2) is 5.38 Å². The predicted octanol–water partition coefficient (Wildman–Crippen LogP) is 1.86. The van der Waals surface area contributed by atoms with Crippen molar-refractivity contribution in [2.75, 3.05) is 11.9 Å². The van der Waals surface area contributed by atoms with Crippen LogP contribution < -0.4 is 10.6 Å². The van der Waals surface area contributed by atoms with E-state index in [4.69, 9.17) is 5.11 Å². The van der Waals surface area contributed by atoms with E-state index in [1.807, 2.05) is 19.2 Å². The van der Waals surface area contributed by atoms with E-state index in [9.17, 15) is 9.59 Å². The molecule has 0 aromatic carbocycles. The molecule has 0 aliphatic heterocycles. The molecule has 0 unspecified atom stereocenters.